The summed E-state index contributed by atoms with van der Waals surface area (Å²) < 4.78 is 6.26. The van der Waals surface area contributed by atoms with Crippen LogP contribution >= 0.6 is 24.8 Å². The summed E-state index contributed by atoms with van der Waals surface area (Å²) in [4.78, 5) is 2.55. The molecule has 3 aliphatic carbocycles. The lowest BCUT2D eigenvalue weighted by atomic mass is 9.48. The Bertz CT molecular complexity index is 774. The van der Waals surface area contributed by atoms with E-state index in [1.807, 2.05) is 6.07 Å². The second kappa shape index (κ2) is 6.14. The van der Waals surface area contributed by atoms with Gasteiger partial charge in [0.15, 0.2) is 11.5 Å². The predicted octanol–water partition coefficient (Wildman–Crippen LogP) is 2.13. The normalized spacial score (nSPS) is 41.0. The first-order chi connectivity index (χ1) is 12.0. The number of benzene rings is 1. The van der Waals surface area contributed by atoms with Crippen LogP contribution in [0.25, 0.3) is 0 Å². The zero-order valence-corrected chi connectivity index (χ0v) is 16.9. The summed E-state index contributed by atoms with van der Waals surface area (Å²) in [7, 11) is 0. The number of aliphatic hydroxyl groups is 1. The van der Waals surface area contributed by atoms with E-state index in [0.717, 1.165) is 50.3 Å². The largest absolute Gasteiger partial charge is 0.504 e. The summed E-state index contributed by atoms with van der Waals surface area (Å²) in [5.41, 5.74) is 7.53. The van der Waals surface area contributed by atoms with Gasteiger partial charge in [0, 0.05) is 24.2 Å². The number of halogens is 2. The molecule has 2 heterocycles. The molecular weight excluding hydrogens is 387 g/mol. The van der Waals surface area contributed by atoms with Gasteiger partial charge >= 0.3 is 0 Å². The Balaban J connectivity index is 0.000000900. The van der Waals surface area contributed by atoms with E-state index >= 15 is 0 Å². The van der Waals surface area contributed by atoms with Crippen LogP contribution in [0.3, 0.4) is 0 Å². The monoisotopic (exact) mass is 414 g/mol. The van der Waals surface area contributed by atoms with E-state index in [2.05, 4.69) is 4.90 Å². The van der Waals surface area contributed by atoms with Crippen LogP contribution in [0.4, 0.5) is 0 Å². The number of aromatic hydroxyl groups is 1. The SMILES string of the molecule is Cl.Cl.N[C@@H]1CC[C@@]2(O)[C@H]3Cc4ccc(O)c5c4[C@@]2(CCN3CC2CC2)[C@H]1O5. The van der Waals surface area contributed by atoms with Crippen molar-refractivity contribution in [2.75, 3.05) is 13.1 Å². The minimum atomic E-state index is -0.799. The van der Waals surface area contributed by atoms with E-state index in [-0.39, 0.29) is 48.8 Å². The zero-order chi connectivity index (χ0) is 17.0. The highest BCUT2D eigenvalue weighted by molar-refractivity contribution is 5.85. The molecule has 1 aromatic rings. The summed E-state index contributed by atoms with van der Waals surface area (Å²) in [6, 6.07) is 3.84. The van der Waals surface area contributed by atoms with Crippen LogP contribution in [0.5, 0.6) is 11.5 Å². The molecule has 3 fully saturated rings. The number of phenolic OH excluding ortho intramolecular Hbond substituents is 1. The van der Waals surface area contributed by atoms with Gasteiger partial charge < -0.3 is 20.7 Å². The molecular formula is C20H28Cl2N2O3. The Morgan fingerprint density at radius 2 is 1.96 bits per heavy atom. The lowest BCUT2D eigenvalue weighted by Gasteiger charge is -2.64. The van der Waals surface area contributed by atoms with Crippen molar-refractivity contribution in [3.8, 4) is 11.5 Å². The van der Waals surface area contributed by atoms with Gasteiger partial charge in [-0.3, -0.25) is 4.90 Å². The van der Waals surface area contributed by atoms with Crippen molar-refractivity contribution in [3.05, 3.63) is 23.3 Å². The zero-order valence-electron chi connectivity index (χ0n) is 15.3. The summed E-state index contributed by atoms with van der Waals surface area (Å²) in [5, 5.41) is 22.5. The maximum atomic E-state index is 12.1. The lowest BCUT2D eigenvalue weighted by Crippen LogP contribution is -2.77. The van der Waals surface area contributed by atoms with Gasteiger partial charge in [-0.2, -0.15) is 0 Å². The van der Waals surface area contributed by atoms with Crippen LogP contribution in [0.2, 0.25) is 0 Å². The summed E-state index contributed by atoms with van der Waals surface area (Å²) >= 11 is 0. The Kier molecular flexibility index (Phi) is 4.45. The van der Waals surface area contributed by atoms with Gasteiger partial charge in [-0.15, -0.1) is 24.8 Å². The van der Waals surface area contributed by atoms with Crippen LogP contribution < -0.4 is 10.5 Å². The average molecular weight is 415 g/mol. The van der Waals surface area contributed by atoms with Crippen molar-refractivity contribution in [1.82, 2.24) is 4.90 Å². The minimum absolute atomic E-state index is 0. The van der Waals surface area contributed by atoms with Crippen molar-refractivity contribution in [2.24, 2.45) is 11.7 Å². The number of nitrogens with two attached hydrogens (primary N) is 1. The van der Waals surface area contributed by atoms with Crippen LogP contribution in [0.15, 0.2) is 12.1 Å². The van der Waals surface area contributed by atoms with Gasteiger partial charge in [-0.1, -0.05) is 6.07 Å². The third-order valence-electron chi connectivity index (χ3n) is 7.81. The molecule has 0 radical (unpaired) electrons. The molecule has 0 aromatic heterocycles. The quantitative estimate of drug-likeness (QED) is 0.690. The number of likely N-dealkylation sites (tertiary alicyclic amines) is 1. The maximum absolute atomic E-state index is 12.1. The molecule has 0 amide bonds. The maximum Gasteiger partial charge on any atom is 0.165 e. The molecule has 7 heteroatoms. The molecule has 0 unspecified atom stereocenters. The van der Waals surface area contributed by atoms with Gasteiger partial charge in [-0.25, -0.2) is 0 Å². The molecule has 1 saturated heterocycles. The molecule has 2 saturated carbocycles. The summed E-state index contributed by atoms with van der Waals surface area (Å²) in [5.74, 6) is 1.60. The molecule has 27 heavy (non-hydrogen) atoms. The van der Waals surface area contributed by atoms with Crippen LogP contribution in [0.1, 0.15) is 43.2 Å². The fourth-order valence-corrected chi connectivity index (χ4v) is 6.52. The predicted molar refractivity (Wildman–Crippen MR) is 107 cm³/mol. The molecule has 4 N–H and O–H groups in total. The molecule has 1 aromatic carbocycles. The number of nitrogens with zero attached hydrogens (tertiary/aromatic N) is 1. The number of hydrogen-bond donors (Lipinski definition) is 3. The van der Waals surface area contributed by atoms with E-state index in [1.165, 1.54) is 18.4 Å². The topological polar surface area (TPSA) is 79.0 Å². The molecule has 1 spiro atoms. The van der Waals surface area contributed by atoms with Crippen molar-refractivity contribution < 1.29 is 14.9 Å². The highest BCUT2D eigenvalue weighted by atomic mass is 35.5. The molecule has 5 aliphatic rings. The molecule has 2 bridgehead atoms. The van der Waals surface area contributed by atoms with Crippen molar-refractivity contribution in [3.63, 3.8) is 0 Å². The van der Waals surface area contributed by atoms with E-state index in [9.17, 15) is 10.2 Å². The van der Waals surface area contributed by atoms with Gasteiger partial charge in [0.2, 0.25) is 0 Å². The number of hydrogen-bond acceptors (Lipinski definition) is 5. The van der Waals surface area contributed by atoms with Gasteiger partial charge in [0.1, 0.15) is 6.10 Å². The first kappa shape index (κ1) is 19.6. The van der Waals surface area contributed by atoms with Gasteiger partial charge in [0.25, 0.3) is 0 Å². The highest BCUT2D eigenvalue weighted by Crippen LogP contribution is 2.65. The number of phenols is 1. The smallest absolute Gasteiger partial charge is 0.165 e. The van der Waals surface area contributed by atoms with Crippen LogP contribution in [-0.2, 0) is 11.8 Å². The molecule has 2 aliphatic heterocycles. The third-order valence-corrected chi connectivity index (χ3v) is 7.81. The van der Waals surface area contributed by atoms with Gasteiger partial charge in [0.05, 0.1) is 11.0 Å². The average Bonchev–Trinajstić information content (AvgIpc) is 3.32. The minimum Gasteiger partial charge on any atom is -0.504 e. The number of ether oxygens (including phenoxy) is 1. The third kappa shape index (κ3) is 2.24. The first-order valence-corrected chi connectivity index (χ1v) is 9.78. The van der Waals surface area contributed by atoms with E-state index in [4.69, 9.17) is 10.5 Å². The fourth-order valence-electron chi connectivity index (χ4n) is 6.52. The molecule has 5 nitrogen and oxygen atoms in total. The summed E-state index contributed by atoms with van der Waals surface area (Å²) in [6.45, 7) is 2.10. The van der Waals surface area contributed by atoms with Crippen LogP contribution in [0, 0.1) is 5.92 Å². The van der Waals surface area contributed by atoms with Gasteiger partial charge in [-0.05, 0) is 62.6 Å². The summed E-state index contributed by atoms with van der Waals surface area (Å²) in [6.07, 6.45) is 5.66. The Morgan fingerprint density at radius 1 is 1.19 bits per heavy atom. The van der Waals surface area contributed by atoms with Crippen molar-refractivity contribution >= 4 is 24.8 Å². The molecule has 6 rings (SSSR count). The Labute approximate surface area is 172 Å². The number of piperidine rings is 1. The van der Waals surface area contributed by atoms with E-state index in [0.29, 0.717) is 5.75 Å². The fraction of sp³-hybridized carbons (Fsp3) is 0.700. The molecule has 5 atom stereocenters. The van der Waals surface area contributed by atoms with Crippen molar-refractivity contribution in [1.29, 1.82) is 0 Å². The second-order valence-electron chi connectivity index (χ2n) is 8.99. The van der Waals surface area contributed by atoms with Crippen LogP contribution in [-0.4, -0.2) is 52.0 Å². The Morgan fingerprint density at radius 3 is 2.70 bits per heavy atom. The van der Waals surface area contributed by atoms with Crippen molar-refractivity contribution in [2.45, 2.75) is 67.7 Å². The lowest BCUT2D eigenvalue weighted by molar-refractivity contribution is -0.189. The number of rotatable bonds is 2. The molecule has 150 valence electrons. The van der Waals surface area contributed by atoms with E-state index < -0.39 is 11.0 Å². The van der Waals surface area contributed by atoms with E-state index in [1.54, 1.807) is 6.07 Å². The first-order valence-electron chi connectivity index (χ1n) is 9.78. The highest BCUT2D eigenvalue weighted by Gasteiger charge is 2.72. The Hall–Kier alpha value is -0.720. The standard InChI is InChI=1S/C20H26N2O3.2ClH/c21-13-5-6-20(24)15-9-12-3-4-14(23)17-16(12)19(20,18(13)25-17)7-8-22(15)10-11-1-2-11;;/h3-4,11,13,15,18,23-24H,1-2,5-10,21H2;2*1H/t13-,15-,18+,19+,20-;;/m1../s1. The second-order valence-corrected chi connectivity index (χ2v) is 8.99.